The van der Waals surface area contributed by atoms with Crippen molar-refractivity contribution in [2.45, 2.75) is 19.4 Å². The first kappa shape index (κ1) is 8.51. The SMILES string of the molecule is Cc1ccnc(N2CCC2CO)c1. The molecule has 1 fully saturated rings. The molecule has 1 aliphatic heterocycles. The van der Waals surface area contributed by atoms with Crippen molar-refractivity contribution in [1.29, 1.82) is 0 Å². The van der Waals surface area contributed by atoms with Crippen LogP contribution in [0.5, 0.6) is 0 Å². The number of aliphatic hydroxyl groups is 1. The second-order valence-electron chi connectivity index (χ2n) is 3.51. The standard InChI is InChI=1S/C10H14N2O/c1-8-2-4-11-10(6-8)12-5-3-9(12)7-13/h2,4,6,9,13H,3,5,7H2,1H3. The highest BCUT2D eigenvalue weighted by Gasteiger charge is 2.27. The normalized spacial score (nSPS) is 21.4. The molecule has 2 rings (SSSR count). The fourth-order valence-electron chi connectivity index (χ4n) is 1.61. The highest BCUT2D eigenvalue weighted by Crippen LogP contribution is 2.24. The van der Waals surface area contributed by atoms with Gasteiger partial charge in [0.25, 0.3) is 0 Å². The third kappa shape index (κ3) is 1.52. The van der Waals surface area contributed by atoms with E-state index in [-0.39, 0.29) is 12.6 Å². The smallest absolute Gasteiger partial charge is 0.129 e. The summed E-state index contributed by atoms with van der Waals surface area (Å²) < 4.78 is 0. The molecule has 1 aliphatic rings. The minimum Gasteiger partial charge on any atom is -0.394 e. The predicted molar refractivity (Wildman–Crippen MR) is 51.8 cm³/mol. The molecule has 0 aromatic carbocycles. The van der Waals surface area contributed by atoms with Crippen LogP contribution in [-0.2, 0) is 0 Å². The summed E-state index contributed by atoms with van der Waals surface area (Å²) in [4.78, 5) is 6.42. The monoisotopic (exact) mass is 178 g/mol. The number of nitrogens with zero attached hydrogens (tertiary/aromatic N) is 2. The Balaban J connectivity index is 2.16. The largest absolute Gasteiger partial charge is 0.394 e. The van der Waals surface area contributed by atoms with Crippen LogP contribution in [0.25, 0.3) is 0 Å². The molecule has 70 valence electrons. The van der Waals surface area contributed by atoms with E-state index in [4.69, 9.17) is 5.11 Å². The first-order valence-corrected chi connectivity index (χ1v) is 4.61. The lowest BCUT2D eigenvalue weighted by atomic mass is 10.0. The van der Waals surface area contributed by atoms with E-state index in [1.807, 2.05) is 12.3 Å². The van der Waals surface area contributed by atoms with E-state index in [1.54, 1.807) is 0 Å². The first-order chi connectivity index (χ1) is 6.31. The Morgan fingerprint density at radius 2 is 2.54 bits per heavy atom. The molecule has 3 heteroatoms. The van der Waals surface area contributed by atoms with Gasteiger partial charge in [0.2, 0.25) is 0 Å². The maximum Gasteiger partial charge on any atom is 0.129 e. The Morgan fingerprint density at radius 3 is 3.08 bits per heavy atom. The summed E-state index contributed by atoms with van der Waals surface area (Å²) in [6.45, 7) is 3.30. The molecule has 1 aromatic rings. The van der Waals surface area contributed by atoms with Crippen LogP contribution in [0.1, 0.15) is 12.0 Å². The van der Waals surface area contributed by atoms with Crippen LogP contribution in [0.2, 0.25) is 0 Å². The van der Waals surface area contributed by atoms with Crippen molar-refractivity contribution >= 4 is 5.82 Å². The van der Waals surface area contributed by atoms with Gasteiger partial charge in [0, 0.05) is 12.7 Å². The Morgan fingerprint density at radius 1 is 1.69 bits per heavy atom. The van der Waals surface area contributed by atoms with Crippen molar-refractivity contribution in [3.05, 3.63) is 23.9 Å². The van der Waals surface area contributed by atoms with Crippen LogP contribution in [0.15, 0.2) is 18.3 Å². The lowest BCUT2D eigenvalue weighted by Gasteiger charge is -2.40. The number of rotatable bonds is 2. The zero-order valence-electron chi connectivity index (χ0n) is 7.77. The summed E-state index contributed by atoms with van der Waals surface area (Å²) >= 11 is 0. The predicted octanol–water partition coefficient (Wildman–Crippen LogP) is 0.961. The highest BCUT2D eigenvalue weighted by atomic mass is 16.3. The summed E-state index contributed by atoms with van der Waals surface area (Å²) in [6.07, 6.45) is 2.89. The number of hydrogen-bond donors (Lipinski definition) is 1. The van der Waals surface area contributed by atoms with E-state index in [0.29, 0.717) is 0 Å². The molecule has 0 radical (unpaired) electrons. The van der Waals surface area contributed by atoms with E-state index < -0.39 is 0 Å². The first-order valence-electron chi connectivity index (χ1n) is 4.61. The van der Waals surface area contributed by atoms with Crippen LogP contribution < -0.4 is 4.90 Å². The molecule has 1 N–H and O–H groups in total. The Bertz CT molecular complexity index is 299. The Hall–Kier alpha value is -1.09. The summed E-state index contributed by atoms with van der Waals surface area (Å²) in [5, 5.41) is 9.02. The zero-order valence-corrected chi connectivity index (χ0v) is 7.77. The van der Waals surface area contributed by atoms with Gasteiger partial charge in [-0.2, -0.15) is 0 Å². The maximum absolute atomic E-state index is 9.02. The Labute approximate surface area is 78.0 Å². The molecule has 0 bridgehead atoms. The van der Waals surface area contributed by atoms with Gasteiger partial charge in [0.15, 0.2) is 0 Å². The van der Waals surface area contributed by atoms with Gasteiger partial charge in [-0.05, 0) is 31.0 Å². The Kier molecular flexibility index (Phi) is 2.19. The van der Waals surface area contributed by atoms with Crippen molar-refractivity contribution < 1.29 is 5.11 Å². The molecule has 1 aromatic heterocycles. The number of aromatic nitrogens is 1. The summed E-state index contributed by atoms with van der Waals surface area (Å²) in [7, 11) is 0. The van der Waals surface area contributed by atoms with E-state index in [9.17, 15) is 0 Å². The van der Waals surface area contributed by atoms with Gasteiger partial charge in [-0.15, -0.1) is 0 Å². The zero-order chi connectivity index (χ0) is 9.26. The van der Waals surface area contributed by atoms with Crippen LogP contribution >= 0.6 is 0 Å². The summed E-state index contributed by atoms with van der Waals surface area (Å²) in [5.74, 6) is 0.991. The van der Waals surface area contributed by atoms with Gasteiger partial charge >= 0.3 is 0 Å². The van der Waals surface area contributed by atoms with Crippen molar-refractivity contribution in [3.8, 4) is 0 Å². The second-order valence-corrected chi connectivity index (χ2v) is 3.51. The van der Waals surface area contributed by atoms with Crippen molar-refractivity contribution in [2.24, 2.45) is 0 Å². The van der Waals surface area contributed by atoms with E-state index in [2.05, 4.69) is 22.9 Å². The number of aryl methyl sites for hydroxylation is 1. The van der Waals surface area contributed by atoms with Crippen LogP contribution in [0.4, 0.5) is 5.82 Å². The lowest BCUT2D eigenvalue weighted by Crippen LogP contribution is -2.50. The molecule has 3 nitrogen and oxygen atoms in total. The van der Waals surface area contributed by atoms with Crippen molar-refractivity contribution in [2.75, 3.05) is 18.1 Å². The minimum atomic E-state index is 0.232. The van der Waals surface area contributed by atoms with Gasteiger partial charge in [0.1, 0.15) is 5.82 Å². The number of aliphatic hydroxyl groups excluding tert-OH is 1. The van der Waals surface area contributed by atoms with Gasteiger partial charge < -0.3 is 10.0 Å². The molecule has 0 saturated carbocycles. The molecule has 0 aliphatic carbocycles. The average molecular weight is 178 g/mol. The van der Waals surface area contributed by atoms with Gasteiger partial charge in [-0.1, -0.05) is 0 Å². The topological polar surface area (TPSA) is 36.4 Å². The third-order valence-electron chi connectivity index (χ3n) is 2.55. The van der Waals surface area contributed by atoms with Crippen molar-refractivity contribution in [3.63, 3.8) is 0 Å². The van der Waals surface area contributed by atoms with Crippen LogP contribution in [-0.4, -0.2) is 29.3 Å². The fraction of sp³-hybridized carbons (Fsp3) is 0.500. The van der Waals surface area contributed by atoms with Gasteiger partial charge in [0.05, 0.1) is 12.6 Å². The summed E-state index contributed by atoms with van der Waals surface area (Å²) in [5.41, 5.74) is 1.22. The molecule has 1 atom stereocenters. The minimum absolute atomic E-state index is 0.232. The molecule has 2 heterocycles. The molecule has 0 amide bonds. The van der Waals surface area contributed by atoms with Gasteiger partial charge in [-0.3, -0.25) is 0 Å². The quantitative estimate of drug-likeness (QED) is 0.732. The van der Waals surface area contributed by atoms with E-state index in [0.717, 1.165) is 18.8 Å². The average Bonchev–Trinajstić information content (AvgIpc) is 2.03. The third-order valence-corrected chi connectivity index (χ3v) is 2.55. The van der Waals surface area contributed by atoms with Crippen LogP contribution in [0.3, 0.4) is 0 Å². The highest BCUT2D eigenvalue weighted by molar-refractivity contribution is 5.44. The number of hydrogen-bond acceptors (Lipinski definition) is 3. The van der Waals surface area contributed by atoms with Gasteiger partial charge in [-0.25, -0.2) is 4.98 Å². The fourth-order valence-corrected chi connectivity index (χ4v) is 1.61. The maximum atomic E-state index is 9.02. The number of pyridine rings is 1. The van der Waals surface area contributed by atoms with E-state index in [1.165, 1.54) is 5.56 Å². The number of anilines is 1. The summed E-state index contributed by atoms with van der Waals surface area (Å²) in [6, 6.07) is 4.33. The second kappa shape index (κ2) is 3.34. The lowest BCUT2D eigenvalue weighted by molar-refractivity contribution is 0.225. The van der Waals surface area contributed by atoms with Crippen LogP contribution in [0, 0.1) is 6.92 Å². The molecular formula is C10H14N2O. The molecule has 13 heavy (non-hydrogen) atoms. The molecule has 1 saturated heterocycles. The molecule has 1 unspecified atom stereocenters. The molecular weight excluding hydrogens is 164 g/mol. The van der Waals surface area contributed by atoms with Crippen molar-refractivity contribution in [1.82, 2.24) is 4.98 Å². The molecule has 0 spiro atoms. The van der Waals surface area contributed by atoms with E-state index >= 15 is 0 Å².